The van der Waals surface area contributed by atoms with Gasteiger partial charge in [-0.2, -0.15) is 0 Å². The van der Waals surface area contributed by atoms with E-state index in [9.17, 15) is 4.79 Å². The first-order valence-corrected chi connectivity index (χ1v) is 8.70. The van der Waals surface area contributed by atoms with E-state index in [-0.39, 0.29) is 11.9 Å². The smallest absolute Gasteiger partial charge is 0.289 e. The molecule has 2 aliphatic carbocycles. The number of carbonyl (C=O) groups excluding carboxylic acids is 1. The second-order valence-corrected chi connectivity index (χ2v) is 6.64. The Morgan fingerprint density at radius 3 is 2.50 bits per heavy atom. The van der Waals surface area contributed by atoms with Gasteiger partial charge in [0.15, 0.2) is 5.89 Å². The molecule has 2 atom stereocenters. The van der Waals surface area contributed by atoms with Crippen molar-refractivity contribution in [1.29, 1.82) is 0 Å². The Morgan fingerprint density at radius 1 is 1.18 bits per heavy atom. The van der Waals surface area contributed by atoms with Gasteiger partial charge in [-0.1, -0.05) is 26.2 Å². The summed E-state index contributed by atoms with van der Waals surface area (Å²) < 4.78 is 5.54. The molecule has 5 heteroatoms. The second-order valence-electron chi connectivity index (χ2n) is 6.64. The molecule has 0 aliphatic heterocycles. The van der Waals surface area contributed by atoms with Crippen LogP contribution in [0.5, 0.6) is 0 Å². The largest absolute Gasteiger partial charge is 0.435 e. The minimum atomic E-state index is -0.121. The van der Waals surface area contributed by atoms with Crippen LogP contribution in [0, 0.1) is 6.92 Å². The highest BCUT2D eigenvalue weighted by Gasteiger charge is 2.34. The Morgan fingerprint density at radius 2 is 1.91 bits per heavy atom. The number of hydrogen-bond acceptors (Lipinski definition) is 4. The Kier molecular flexibility index (Phi) is 4.81. The van der Waals surface area contributed by atoms with E-state index in [1.165, 1.54) is 32.1 Å². The van der Waals surface area contributed by atoms with Crippen LogP contribution in [0.2, 0.25) is 0 Å². The number of nitrogens with zero attached hydrogens (tertiary/aromatic N) is 1. The molecule has 1 amide bonds. The summed E-state index contributed by atoms with van der Waals surface area (Å²) in [6, 6.07) is 1.28. The van der Waals surface area contributed by atoms with Crippen LogP contribution in [0.3, 0.4) is 0 Å². The lowest BCUT2D eigenvalue weighted by Crippen LogP contribution is -2.59. The Hall–Kier alpha value is -1.36. The first-order chi connectivity index (χ1) is 10.7. The van der Waals surface area contributed by atoms with Gasteiger partial charge in [0.25, 0.3) is 5.91 Å². The molecule has 5 nitrogen and oxygen atoms in total. The monoisotopic (exact) mass is 305 g/mol. The zero-order valence-electron chi connectivity index (χ0n) is 13.7. The van der Waals surface area contributed by atoms with Gasteiger partial charge in [-0.15, -0.1) is 0 Å². The molecule has 0 radical (unpaired) electrons. The first-order valence-electron chi connectivity index (χ1n) is 8.70. The van der Waals surface area contributed by atoms with E-state index in [1.54, 1.807) is 0 Å². The molecule has 0 aromatic carbocycles. The van der Waals surface area contributed by atoms with E-state index in [0.717, 1.165) is 12.8 Å². The zero-order chi connectivity index (χ0) is 15.5. The van der Waals surface area contributed by atoms with E-state index in [1.807, 2.05) is 13.8 Å². The van der Waals surface area contributed by atoms with Gasteiger partial charge < -0.3 is 15.1 Å². The summed E-state index contributed by atoms with van der Waals surface area (Å²) in [7, 11) is 0. The van der Waals surface area contributed by atoms with E-state index < -0.39 is 0 Å². The van der Waals surface area contributed by atoms with Crippen LogP contribution in [-0.2, 0) is 6.42 Å². The van der Waals surface area contributed by atoms with Crippen LogP contribution in [0.15, 0.2) is 4.42 Å². The summed E-state index contributed by atoms with van der Waals surface area (Å²) in [4.78, 5) is 16.6. The van der Waals surface area contributed by atoms with Crippen molar-refractivity contribution in [2.75, 3.05) is 0 Å². The van der Waals surface area contributed by atoms with Crippen LogP contribution >= 0.6 is 0 Å². The van der Waals surface area contributed by atoms with E-state index in [4.69, 9.17) is 4.42 Å². The molecule has 2 saturated carbocycles. The molecule has 2 N–H and O–H groups in total. The van der Waals surface area contributed by atoms with Crippen molar-refractivity contribution in [3.05, 3.63) is 17.3 Å². The third-order valence-electron chi connectivity index (χ3n) is 5.00. The zero-order valence-corrected chi connectivity index (χ0v) is 13.7. The molecule has 1 aromatic heterocycles. The number of nitrogens with one attached hydrogen (secondary N) is 2. The normalized spacial score (nSPS) is 25.7. The summed E-state index contributed by atoms with van der Waals surface area (Å²) in [5, 5.41) is 6.85. The Labute approximate surface area is 132 Å². The molecule has 0 bridgehead atoms. The van der Waals surface area contributed by atoms with Gasteiger partial charge in [0.1, 0.15) is 0 Å². The van der Waals surface area contributed by atoms with Crippen LogP contribution in [0.25, 0.3) is 0 Å². The maximum absolute atomic E-state index is 12.4. The molecular weight excluding hydrogens is 278 g/mol. The molecule has 2 fully saturated rings. The van der Waals surface area contributed by atoms with Crippen LogP contribution in [-0.4, -0.2) is 29.0 Å². The van der Waals surface area contributed by atoms with Crippen molar-refractivity contribution in [3.8, 4) is 0 Å². The topological polar surface area (TPSA) is 67.2 Å². The number of aryl methyl sites for hydroxylation is 2. The maximum atomic E-state index is 12.4. The minimum absolute atomic E-state index is 0.121. The molecule has 0 spiro atoms. The summed E-state index contributed by atoms with van der Waals surface area (Å²) >= 11 is 0. The van der Waals surface area contributed by atoms with Crippen molar-refractivity contribution in [3.63, 3.8) is 0 Å². The van der Waals surface area contributed by atoms with Gasteiger partial charge in [-0.25, -0.2) is 4.98 Å². The third kappa shape index (κ3) is 3.35. The minimum Gasteiger partial charge on any atom is -0.435 e. The summed E-state index contributed by atoms with van der Waals surface area (Å²) in [6.45, 7) is 3.80. The molecule has 2 aliphatic rings. The molecule has 0 saturated heterocycles. The van der Waals surface area contributed by atoms with Gasteiger partial charge in [0.2, 0.25) is 5.76 Å². The Balaban J connectivity index is 1.53. The molecule has 1 aromatic rings. The predicted molar refractivity (Wildman–Crippen MR) is 84.9 cm³/mol. The summed E-state index contributed by atoms with van der Waals surface area (Å²) in [5.41, 5.74) is 0.686. The quantitative estimate of drug-likeness (QED) is 0.878. The van der Waals surface area contributed by atoms with E-state index >= 15 is 0 Å². The average Bonchev–Trinajstić information content (AvgIpc) is 2.91. The number of rotatable bonds is 5. The molecule has 0 unspecified atom stereocenters. The fourth-order valence-electron chi connectivity index (χ4n) is 3.49. The lowest BCUT2D eigenvalue weighted by atomic mass is 9.84. The lowest BCUT2D eigenvalue weighted by molar-refractivity contribution is 0.0855. The van der Waals surface area contributed by atoms with E-state index in [2.05, 4.69) is 15.6 Å². The standard InChI is InChI=1S/C17H27N3O2/c1-3-15-18-11(2)16(22-15)17(21)20-14-10-9-13(14)19-12-7-5-4-6-8-12/h12-14,19H,3-10H2,1-2H3,(H,20,21)/t13-,14+/m1/s1. The van der Waals surface area contributed by atoms with Crippen molar-refractivity contribution in [2.24, 2.45) is 0 Å². The van der Waals surface area contributed by atoms with Gasteiger partial charge in [0.05, 0.1) is 5.69 Å². The molecule has 22 heavy (non-hydrogen) atoms. The first kappa shape index (κ1) is 15.5. The molecule has 122 valence electrons. The fraction of sp³-hybridized carbons (Fsp3) is 0.765. The third-order valence-corrected chi connectivity index (χ3v) is 5.00. The van der Waals surface area contributed by atoms with Crippen molar-refractivity contribution < 1.29 is 9.21 Å². The predicted octanol–water partition coefficient (Wildman–Crippen LogP) is 2.73. The van der Waals surface area contributed by atoms with Crippen LogP contribution < -0.4 is 10.6 Å². The fourth-order valence-corrected chi connectivity index (χ4v) is 3.49. The Bertz CT molecular complexity index is 520. The van der Waals surface area contributed by atoms with Crippen molar-refractivity contribution >= 4 is 5.91 Å². The second kappa shape index (κ2) is 6.82. The van der Waals surface area contributed by atoms with Crippen molar-refractivity contribution in [2.45, 2.75) is 83.3 Å². The van der Waals surface area contributed by atoms with E-state index in [0.29, 0.717) is 35.8 Å². The summed E-state index contributed by atoms with van der Waals surface area (Å²) in [6.07, 6.45) is 9.49. The van der Waals surface area contributed by atoms with Crippen LogP contribution in [0.1, 0.15) is 74.0 Å². The van der Waals surface area contributed by atoms with Gasteiger partial charge in [-0.3, -0.25) is 4.79 Å². The number of oxazole rings is 1. The lowest BCUT2D eigenvalue weighted by Gasteiger charge is -2.40. The SMILES string of the molecule is CCc1nc(C)c(C(=O)N[C@H]2CC[C@H]2NC2CCCCC2)o1. The number of amides is 1. The average molecular weight is 305 g/mol. The molecule has 1 heterocycles. The highest BCUT2D eigenvalue weighted by atomic mass is 16.4. The van der Waals surface area contributed by atoms with Gasteiger partial charge in [0, 0.05) is 24.5 Å². The highest BCUT2D eigenvalue weighted by molar-refractivity contribution is 5.92. The maximum Gasteiger partial charge on any atom is 0.289 e. The number of carbonyl (C=O) groups is 1. The van der Waals surface area contributed by atoms with Gasteiger partial charge in [-0.05, 0) is 32.6 Å². The van der Waals surface area contributed by atoms with Crippen LogP contribution in [0.4, 0.5) is 0 Å². The molecule has 3 rings (SSSR count). The highest BCUT2D eigenvalue weighted by Crippen LogP contribution is 2.25. The van der Waals surface area contributed by atoms with Gasteiger partial charge >= 0.3 is 0 Å². The summed E-state index contributed by atoms with van der Waals surface area (Å²) in [5.74, 6) is 0.887. The van der Waals surface area contributed by atoms with Crippen molar-refractivity contribution in [1.82, 2.24) is 15.6 Å². The number of aromatic nitrogens is 1. The molecular formula is C17H27N3O2. The number of hydrogen-bond donors (Lipinski definition) is 2.